The van der Waals surface area contributed by atoms with Gasteiger partial charge in [0.2, 0.25) is 17.7 Å². The van der Waals surface area contributed by atoms with E-state index >= 15 is 0 Å². The Bertz CT molecular complexity index is 330. The van der Waals surface area contributed by atoms with E-state index in [1.165, 1.54) is 4.90 Å². The number of piperazine rings is 1. The monoisotopic (exact) mass is 241 g/mol. The zero-order valence-corrected chi connectivity index (χ0v) is 10.2. The molecule has 0 aromatic rings. The molecule has 1 aliphatic rings. The molecule has 1 aliphatic heterocycles. The molecule has 0 spiro atoms. The molecule has 1 rings (SSSR count). The molecule has 0 radical (unpaired) electrons. The van der Waals surface area contributed by atoms with Crippen molar-refractivity contribution in [2.75, 3.05) is 6.54 Å². The molecular formula is C11H19N3O3. The summed E-state index contributed by atoms with van der Waals surface area (Å²) in [7, 11) is 0. The summed E-state index contributed by atoms with van der Waals surface area (Å²) in [6, 6.07) is -1.21. The van der Waals surface area contributed by atoms with E-state index < -0.39 is 23.9 Å². The standard InChI is InChI=1S/C11H19N3O3/c1-3-5-7(12)11(17)14-6-9(15)13-10(16)8(14)4-2/h7-8H,3-6,12H2,1-2H3,(H,13,15,16)/t7-,8?/m0/s1. The van der Waals surface area contributed by atoms with Gasteiger partial charge in [-0.15, -0.1) is 0 Å². The summed E-state index contributed by atoms with van der Waals surface area (Å²) in [4.78, 5) is 36.1. The normalized spacial score (nSPS) is 22.3. The van der Waals surface area contributed by atoms with Gasteiger partial charge in [-0.25, -0.2) is 0 Å². The number of hydrogen-bond donors (Lipinski definition) is 2. The minimum absolute atomic E-state index is 0.0828. The van der Waals surface area contributed by atoms with Crippen LogP contribution in [-0.4, -0.2) is 41.2 Å². The van der Waals surface area contributed by atoms with Crippen LogP contribution in [0.15, 0.2) is 0 Å². The Labute approximate surface area is 101 Å². The molecule has 2 atom stereocenters. The van der Waals surface area contributed by atoms with E-state index in [9.17, 15) is 14.4 Å². The van der Waals surface area contributed by atoms with E-state index in [0.717, 1.165) is 6.42 Å². The Hall–Kier alpha value is -1.43. The number of hydrogen-bond acceptors (Lipinski definition) is 4. The largest absolute Gasteiger partial charge is 0.320 e. The fourth-order valence-corrected chi connectivity index (χ4v) is 1.95. The molecule has 1 fully saturated rings. The van der Waals surface area contributed by atoms with Crippen molar-refractivity contribution >= 4 is 17.7 Å². The van der Waals surface area contributed by atoms with Crippen molar-refractivity contribution in [3.05, 3.63) is 0 Å². The lowest BCUT2D eigenvalue weighted by Crippen LogP contribution is -2.62. The Morgan fingerprint density at radius 1 is 1.53 bits per heavy atom. The van der Waals surface area contributed by atoms with Gasteiger partial charge < -0.3 is 10.6 Å². The molecular weight excluding hydrogens is 222 g/mol. The first-order valence-electron chi connectivity index (χ1n) is 5.91. The van der Waals surface area contributed by atoms with Crippen LogP contribution in [0.2, 0.25) is 0 Å². The number of carbonyl (C=O) groups is 3. The molecule has 0 bridgehead atoms. The van der Waals surface area contributed by atoms with Gasteiger partial charge in [0, 0.05) is 0 Å². The van der Waals surface area contributed by atoms with Crippen molar-refractivity contribution in [1.29, 1.82) is 0 Å². The van der Waals surface area contributed by atoms with E-state index in [-0.39, 0.29) is 12.5 Å². The minimum Gasteiger partial charge on any atom is -0.320 e. The first-order chi connectivity index (χ1) is 8.01. The number of imide groups is 1. The molecule has 1 unspecified atom stereocenters. The lowest BCUT2D eigenvalue weighted by atomic mass is 10.1. The number of nitrogens with zero attached hydrogens (tertiary/aromatic N) is 1. The number of amides is 3. The minimum atomic E-state index is -0.632. The molecule has 3 N–H and O–H groups in total. The number of rotatable bonds is 4. The number of carbonyl (C=O) groups excluding carboxylic acids is 3. The van der Waals surface area contributed by atoms with Crippen LogP contribution >= 0.6 is 0 Å². The van der Waals surface area contributed by atoms with Gasteiger partial charge in [-0.05, 0) is 12.8 Å². The number of nitrogens with one attached hydrogen (secondary N) is 1. The Balaban J connectivity index is 2.81. The smallest absolute Gasteiger partial charge is 0.249 e. The molecule has 0 aliphatic carbocycles. The van der Waals surface area contributed by atoms with Gasteiger partial charge in [-0.2, -0.15) is 0 Å². The van der Waals surface area contributed by atoms with Crippen LogP contribution in [0.25, 0.3) is 0 Å². The van der Waals surface area contributed by atoms with Gasteiger partial charge in [-0.1, -0.05) is 20.3 Å². The molecule has 6 heteroatoms. The van der Waals surface area contributed by atoms with Crippen LogP contribution in [0.5, 0.6) is 0 Å². The van der Waals surface area contributed by atoms with E-state index in [0.29, 0.717) is 12.8 Å². The van der Waals surface area contributed by atoms with Crippen molar-refractivity contribution in [3.63, 3.8) is 0 Å². The van der Waals surface area contributed by atoms with Crippen LogP contribution in [0, 0.1) is 0 Å². The van der Waals surface area contributed by atoms with Gasteiger partial charge in [0.25, 0.3) is 0 Å². The van der Waals surface area contributed by atoms with Crippen molar-refractivity contribution in [2.24, 2.45) is 5.73 Å². The lowest BCUT2D eigenvalue weighted by molar-refractivity contribution is -0.150. The third-order valence-electron chi connectivity index (χ3n) is 2.84. The Morgan fingerprint density at radius 3 is 2.71 bits per heavy atom. The Kier molecular flexibility index (Phi) is 4.62. The van der Waals surface area contributed by atoms with Crippen molar-refractivity contribution in [2.45, 2.75) is 45.2 Å². The van der Waals surface area contributed by atoms with Gasteiger partial charge in [0.15, 0.2) is 0 Å². The summed E-state index contributed by atoms with van der Waals surface area (Å²) in [5, 5.41) is 2.22. The lowest BCUT2D eigenvalue weighted by Gasteiger charge is -2.34. The van der Waals surface area contributed by atoms with E-state index in [4.69, 9.17) is 5.73 Å². The molecule has 17 heavy (non-hydrogen) atoms. The highest BCUT2D eigenvalue weighted by Crippen LogP contribution is 2.11. The number of nitrogens with two attached hydrogens (primary N) is 1. The highest BCUT2D eigenvalue weighted by molar-refractivity contribution is 6.04. The van der Waals surface area contributed by atoms with Crippen LogP contribution in [0.4, 0.5) is 0 Å². The topological polar surface area (TPSA) is 92.5 Å². The average molecular weight is 241 g/mol. The average Bonchev–Trinajstić information content (AvgIpc) is 2.27. The maximum Gasteiger partial charge on any atom is 0.249 e. The van der Waals surface area contributed by atoms with Gasteiger partial charge in [-0.3, -0.25) is 19.7 Å². The molecule has 1 saturated heterocycles. The summed E-state index contributed by atoms with van der Waals surface area (Å²) in [6.07, 6.45) is 1.82. The van der Waals surface area contributed by atoms with Crippen molar-refractivity contribution in [1.82, 2.24) is 10.2 Å². The molecule has 0 aromatic carbocycles. The van der Waals surface area contributed by atoms with Crippen LogP contribution in [0.1, 0.15) is 33.1 Å². The van der Waals surface area contributed by atoms with Gasteiger partial charge in [0.05, 0.1) is 6.04 Å². The summed E-state index contributed by atoms with van der Waals surface area (Å²) in [5.74, 6) is -1.18. The molecule has 6 nitrogen and oxygen atoms in total. The second-order valence-electron chi connectivity index (χ2n) is 4.20. The SMILES string of the molecule is CCC[C@H](N)C(=O)N1CC(=O)NC(=O)C1CC. The first kappa shape index (κ1) is 13.6. The molecule has 1 heterocycles. The van der Waals surface area contributed by atoms with Crippen molar-refractivity contribution in [3.8, 4) is 0 Å². The predicted molar refractivity (Wildman–Crippen MR) is 61.8 cm³/mol. The second-order valence-corrected chi connectivity index (χ2v) is 4.20. The fourth-order valence-electron chi connectivity index (χ4n) is 1.95. The summed E-state index contributed by atoms with van der Waals surface area (Å²) >= 11 is 0. The summed E-state index contributed by atoms with van der Waals surface area (Å²) in [6.45, 7) is 3.64. The third-order valence-corrected chi connectivity index (χ3v) is 2.84. The van der Waals surface area contributed by atoms with Gasteiger partial charge >= 0.3 is 0 Å². The fraction of sp³-hybridized carbons (Fsp3) is 0.727. The summed E-state index contributed by atoms with van der Waals surface area (Å²) in [5.41, 5.74) is 5.73. The Morgan fingerprint density at radius 2 is 2.18 bits per heavy atom. The van der Waals surface area contributed by atoms with Crippen LogP contribution in [-0.2, 0) is 14.4 Å². The molecule has 0 aromatic heterocycles. The maximum absolute atomic E-state index is 12.0. The van der Waals surface area contributed by atoms with E-state index in [1.54, 1.807) is 6.92 Å². The highest BCUT2D eigenvalue weighted by Gasteiger charge is 2.36. The molecule has 3 amide bonds. The highest BCUT2D eigenvalue weighted by atomic mass is 16.2. The predicted octanol–water partition coefficient (Wildman–Crippen LogP) is -0.623. The second kappa shape index (κ2) is 5.77. The summed E-state index contributed by atoms with van der Waals surface area (Å²) < 4.78 is 0. The zero-order chi connectivity index (χ0) is 13.0. The molecule has 96 valence electrons. The van der Waals surface area contributed by atoms with E-state index in [1.807, 2.05) is 6.92 Å². The van der Waals surface area contributed by atoms with E-state index in [2.05, 4.69) is 5.32 Å². The maximum atomic E-state index is 12.0. The molecule has 0 saturated carbocycles. The quantitative estimate of drug-likeness (QED) is 0.641. The van der Waals surface area contributed by atoms with Crippen LogP contribution < -0.4 is 11.1 Å². The van der Waals surface area contributed by atoms with Crippen LogP contribution in [0.3, 0.4) is 0 Å². The first-order valence-corrected chi connectivity index (χ1v) is 5.91. The third kappa shape index (κ3) is 3.03. The zero-order valence-electron chi connectivity index (χ0n) is 10.2. The van der Waals surface area contributed by atoms with Crippen molar-refractivity contribution < 1.29 is 14.4 Å². The van der Waals surface area contributed by atoms with Gasteiger partial charge in [0.1, 0.15) is 12.6 Å².